The maximum Gasteiger partial charge on any atom is 0.313 e. The van der Waals surface area contributed by atoms with Crippen LogP contribution in [0.4, 0.5) is 0 Å². The molecule has 2 aliphatic carbocycles. The number of carbonyl (C=O) groups is 5. The summed E-state index contributed by atoms with van der Waals surface area (Å²) in [5.74, 6) is -4.22. The molecule has 0 spiro atoms. The minimum Gasteiger partial charge on any atom is -0.463 e. The maximum absolute atomic E-state index is 12.3. The standard InChI is InChI=1S/C20H29NO.C18H24N4O18/c1-13(2)14-6-8-16-15(12-14)7-9-17-19(16,3)10-5-11-20(17,4)18(21)22;23-11(1-5-19(28)29)36-9-10-15(38-12(24)2-6-20(30)31)16(39-13(25)3-7-21(32)33)17(18(27)37-10)40-14(26)4-8-22(34)35/h6,8,12-13,17H,5,7,9-11H2,1-4H3,(H2,21,22);10,15-18,27H,1-9H2. The van der Waals surface area contributed by atoms with E-state index in [4.69, 9.17) is 29.4 Å². The van der Waals surface area contributed by atoms with Crippen molar-refractivity contribution in [1.29, 1.82) is 0 Å². The molecule has 1 amide bonds. The van der Waals surface area contributed by atoms with Crippen LogP contribution in [0.3, 0.4) is 0 Å². The van der Waals surface area contributed by atoms with Gasteiger partial charge in [-0.25, -0.2) is 0 Å². The fraction of sp³-hybridized carbons (Fsp3) is 0.711. The van der Waals surface area contributed by atoms with Crippen LogP contribution in [-0.2, 0) is 59.5 Å². The zero-order valence-electron chi connectivity index (χ0n) is 34.8. The van der Waals surface area contributed by atoms with Gasteiger partial charge < -0.3 is 34.5 Å². The first kappa shape index (κ1) is 50.4. The highest BCUT2D eigenvalue weighted by molar-refractivity contribution is 5.81. The van der Waals surface area contributed by atoms with E-state index in [0.29, 0.717) is 11.8 Å². The van der Waals surface area contributed by atoms with Crippen molar-refractivity contribution >= 4 is 29.8 Å². The summed E-state index contributed by atoms with van der Waals surface area (Å²) >= 11 is 0. The zero-order chi connectivity index (χ0) is 46.5. The minimum absolute atomic E-state index is 0.102. The van der Waals surface area contributed by atoms with E-state index in [1.54, 1.807) is 0 Å². The second-order valence-electron chi connectivity index (χ2n) is 16.1. The number of hydrogen-bond donors (Lipinski definition) is 2. The maximum atomic E-state index is 12.3. The Hall–Kier alpha value is -5.91. The number of primary amides is 1. The van der Waals surface area contributed by atoms with Crippen LogP contribution in [0.1, 0.15) is 102 Å². The van der Waals surface area contributed by atoms with E-state index in [-0.39, 0.29) is 16.7 Å². The van der Waals surface area contributed by atoms with E-state index in [9.17, 15) is 69.5 Å². The quantitative estimate of drug-likeness (QED) is 0.0867. The molecule has 1 heterocycles. The molecule has 0 radical (unpaired) electrons. The van der Waals surface area contributed by atoms with E-state index in [0.717, 1.165) is 25.7 Å². The predicted octanol–water partition coefficient (Wildman–Crippen LogP) is 1.96. The van der Waals surface area contributed by atoms with Crippen molar-refractivity contribution in [1.82, 2.24) is 0 Å². The van der Waals surface area contributed by atoms with Gasteiger partial charge in [0, 0.05) is 25.1 Å². The van der Waals surface area contributed by atoms with Crippen molar-refractivity contribution < 1.29 is 72.5 Å². The highest BCUT2D eigenvalue weighted by atomic mass is 16.7. The summed E-state index contributed by atoms with van der Waals surface area (Å²) in [7, 11) is 0. The third-order valence-electron chi connectivity index (χ3n) is 11.4. The van der Waals surface area contributed by atoms with Gasteiger partial charge in [-0.2, -0.15) is 0 Å². The third-order valence-corrected chi connectivity index (χ3v) is 11.4. The third kappa shape index (κ3) is 13.8. The van der Waals surface area contributed by atoms with Crippen LogP contribution in [0.5, 0.6) is 0 Å². The van der Waals surface area contributed by atoms with E-state index in [1.165, 1.54) is 23.1 Å². The lowest BCUT2D eigenvalue weighted by Crippen LogP contribution is -2.62. The average molecular weight is 884 g/mol. The number of amides is 1. The van der Waals surface area contributed by atoms with E-state index >= 15 is 0 Å². The van der Waals surface area contributed by atoms with Crippen LogP contribution >= 0.6 is 0 Å². The molecular weight excluding hydrogens is 830 g/mol. The van der Waals surface area contributed by atoms with E-state index in [1.807, 2.05) is 0 Å². The smallest absolute Gasteiger partial charge is 0.313 e. The summed E-state index contributed by atoms with van der Waals surface area (Å²) in [4.78, 5) is 99.4. The van der Waals surface area contributed by atoms with Crippen molar-refractivity contribution in [3.8, 4) is 0 Å². The number of aliphatic hydroxyl groups excluding tert-OH is 1. The number of rotatable bonds is 19. The number of nitrogens with two attached hydrogens (primary N) is 1. The molecular formula is C38H53N5O19. The van der Waals surface area contributed by atoms with Crippen LogP contribution in [0.25, 0.3) is 0 Å². The Bertz CT molecular complexity index is 1860. The first-order valence-electron chi connectivity index (χ1n) is 20.0. The number of aliphatic hydroxyl groups is 1. The minimum atomic E-state index is -2.22. The zero-order valence-corrected chi connectivity index (χ0v) is 34.8. The Morgan fingerprint density at radius 2 is 1.26 bits per heavy atom. The van der Waals surface area contributed by atoms with Gasteiger partial charge >= 0.3 is 23.9 Å². The first-order chi connectivity index (χ1) is 29.0. The molecule has 344 valence electrons. The van der Waals surface area contributed by atoms with E-state index in [2.05, 4.69) is 45.9 Å². The summed E-state index contributed by atoms with van der Waals surface area (Å²) in [5, 5.41) is 52.7. The molecule has 1 saturated carbocycles. The van der Waals surface area contributed by atoms with Crippen LogP contribution in [-0.4, -0.2) is 118 Å². The number of benzene rings is 1. The summed E-state index contributed by atoms with van der Waals surface area (Å²) in [6.45, 7) is 4.51. The Labute approximate surface area is 354 Å². The van der Waals surface area contributed by atoms with Crippen molar-refractivity contribution in [3.05, 3.63) is 75.3 Å². The lowest BCUT2D eigenvalue weighted by molar-refractivity contribution is -0.479. The number of aryl methyl sites for hydroxylation is 1. The van der Waals surface area contributed by atoms with Crippen LogP contribution in [0, 0.1) is 51.8 Å². The molecule has 8 atom stereocenters. The molecule has 1 aliphatic heterocycles. The molecule has 8 unspecified atom stereocenters. The summed E-state index contributed by atoms with van der Waals surface area (Å²) in [6, 6.07) is 7.02. The lowest BCUT2D eigenvalue weighted by Gasteiger charge is -2.54. The Morgan fingerprint density at radius 1 is 0.774 bits per heavy atom. The van der Waals surface area contributed by atoms with Gasteiger partial charge in [0.15, 0.2) is 24.6 Å². The second-order valence-corrected chi connectivity index (χ2v) is 16.1. The van der Waals surface area contributed by atoms with Gasteiger partial charge in [0.2, 0.25) is 32.1 Å². The fourth-order valence-corrected chi connectivity index (χ4v) is 8.21. The normalized spacial score (nSPS) is 26.2. The first-order valence-corrected chi connectivity index (χ1v) is 20.0. The number of ether oxygens (including phenoxy) is 5. The molecule has 2 fully saturated rings. The lowest BCUT2D eigenvalue weighted by atomic mass is 9.49. The van der Waals surface area contributed by atoms with Crippen molar-refractivity contribution in [2.24, 2.45) is 17.1 Å². The Morgan fingerprint density at radius 3 is 1.74 bits per heavy atom. The number of nitrogens with zero attached hydrogens (tertiary/aromatic N) is 4. The Balaban J connectivity index is 0.000000387. The van der Waals surface area contributed by atoms with E-state index < -0.39 is 133 Å². The largest absolute Gasteiger partial charge is 0.463 e. The molecule has 62 heavy (non-hydrogen) atoms. The van der Waals surface area contributed by atoms with Crippen LogP contribution in [0.15, 0.2) is 18.2 Å². The predicted molar refractivity (Wildman–Crippen MR) is 208 cm³/mol. The molecule has 3 N–H and O–H groups in total. The van der Waals surface area contributed by atoms with Gasteiger partial charge in [-0.15, -0.1) is 0 Å². The van der Waals surface area contributed by atoms with Gasteiger partial charge in [0.05, 0.1) is 0 Å². The van der Waals surface area contributed by atoms with Crippen LogP contribution in [0.2, 0.25) is 0 Å². The summed E-state index contributed by atoms with van der Waals surface area (Å²) in [6.07, 6.45) is -7.79. The van der Waals surface area contributed by atoms with Gasteiger partial charge in [0.25, 0.3) is 0 Å². The number of esters is 4. The van der Waals surface area contributed by atoms with Gasteiger partial charge in [-0.05, 0) is 59.6 Å². The monoisotopic (exact) mass is 883 g/mol. The Kier molecular flexibility index (Phi) is 18.1. The highest BCUT2D eigenvalue weighted by Gasteiger charge is 2.55. The number of nitro groups is 4. The summed E-state index contributed by atoms with van der Waals surface area (Å²) in [5.41, 5.74) is 9.97. The molecule has 4 rings (SSSR count). The number of hydrogen-bond acceptors (Lipinski definition) is 19. The number of carbonyl (C=O) groups excluding carboxylic acids is 5. The molecule has 3 aliphatic rings. The SMILES string of the molecule is CC(C)c1ccc2c(c1)CCC1C(C)(C(N)=O)CCCC21C.O=C(CC[N+](=O)[O-])OCC1OC(O)C(OC(=O)CC[N+](=O)[O-])C(OC(=O)CC[N+](=O)[O-])C1OC(=O)CC[N+](=O)[O-]. The molecule has 1 aromatic rings. The average Bonchev–Trinajstić information content (AvgIpc) is 3.19. The van der Waals surface area contributed by atoms with Crippen LogP contribution < -0.4 is 5.73 Å². The van der Waals surface area contributed by atoms with Gasteiger partial charge in [-0.1, -0.05) is 52.3 Å². The highest BCUT2D eigenvalue weighted by Crippen LogP contribution is 2.57. The molecule has 1 saturated heterocycles. The van der Waals surface area contributed by atoms with Gasteiger partial charge in [-0.3, -0.25) is 64.4 Å². The fourth-order valence-electron chi connectivity index (χ4n) is 8.21. The molecule has 24 heteroatoms. The second kappa shape index (κ2) is 22.3. The molecule has 1 aromatic carbocycles. The van der Waals surface area contributed by atoms with Gasteiger partial charge in [0.1, 0.15) is 38.4 Å². The van der Waals surface area contributed by atoms with Crippen molar-refractivity contribution in [2.45, 2.75) is 128 Å². The number of fused-ring (bicyclic) bond motifs is 3. The van der Waals surface area contributed by atoms with Crippen molar-refractivity contribution in [2.75, 3.05) is 32.8 Å². The molecule has 0 bridgehead atoms. The molecule has 24 nitrogen and oxygen atoms in total. The molecule has 0 aromatic heterocycles. The topological polar surface area (TPSA) is 350 Å². The summed E-state index contributed by atoms with van der Waals surface area (Å²) < 4.78 is 25.1. The van der Waals surface area contributed by atoms with Crippen molar-refractivity contribution in [3.63, 3.8) is 0 Å².